The lowest BCUT2D eigenvalue weighted by Gasteiger charge is -2.48. The van der Waals surface area contributed by atoms with Crippen molar-refractivity contribution >= 4 is 0 Å². The Morgan fingerprint density at radius 1 is 0.441 bits per heavy atom. The van der Waals surface area contributed by atoms with Gasteiger partial charge in [-0.1, -0.05) is 0 Å². The minimum absolute atomic E-state index is 0.734. The summed E-state index contributed by atoms with van der Waals surface area (Å²) in [6.07, 6.45) is -25.7. The van der Waals surface area contributed by atoms with Crippen molar-refractivity contribution in [2.75, 3.05) is 19.8 Å². The largest absolute Gasteiger partial charge is 0.394 e. The molecule has 0 bridgehead atoms. The average Bonchev–Trinajstić information content (AvgIpc) is 2.83. The van der Waals surface area contributed by atoms with Gasteiger partial charge >= 0.3 is 0 Å². The van der Waals surface area contributed by atoms with Crippen LogP contribution in [0.1, 0.15) is 0 Å². The second-order valence-electron chi connectivity index (χ2n) is 8.33. The molecular weight excluding hydrogens is 472 g/mol. The van der Waals surface area contributed by atoms with Crippen molar-refractivity contribution < 1.29 is 79.9 Å². The molecular formula is C18H32O16. The summed E-state index contributed by atoms with van der Waals surface area (Å²) in [5, 5.41) is 109. The van der Waals surface area contributed by atoms with Gasteiger partial charge in [-0.3, -0.25) is 0 Å². The molecule has 0 spiro atoms. The van der Waals surface area contributed by atoms with E-state index in [1.54, 1.807) is 0 Å². The van der Waals surface area contributed by atoms with Gasteiger partial charge in [-0.15, -0.1) is 0 Å². The number of ether oxygens (including phenoxy) is 5. The van der Waals surface area contributed by atoms with Crippen molar-refractivity contribution in [1.29, 1.82) is 0 Å². The highest BCUT2D eigenvalue weighted by molar-refractivity contribution is 4.95. The van der Waals surface area contributed by atoms with E-state index < -0.39 is 112 Å². The van der Waals surface area contributed by atoms with Crippen LogP contribution in [0.4, 0.5) is 0 Å². The highest BCUT2D eigenvalue weighted by Crippen LogP contribution is 2.32. The van der Waals surface area contributed by atoms with Crippen LogP contribution in [-0.2, 0) is 23.7 Å². The van der Waals surface area contributed by atoms with Gasteiger partial charge in [0, 0.05) is 0 Å². The van der Waals surface area contributed by atoms with E-state index in [0.29, 0.717) is 0 Å². The van der Waals surface area contributed by atoms with Gasteiger partial charge in [0.25, 0.3) is 0 Å². The maximum atomic E-state index is 10.6. The standard InChI is InChI=1S/C18H32O16/c19-1-4-8(23)11(26)14(16(29)30-4)33-18-15(12(27)9(24)6(3-21)32-18)34-17-13(28)10(25)7(22)5(2-20)31-17/h4-29H,1-3H2/t4-,5-,6-,7+,8-,9-,10+,11+,12+,13+,14+,15+,16-,17+,18+/m1/s1. The normalized spacial score (nSPS) is 52.5. The fraction of sp³-hybridized carbons (Fsp3) is 1.00. The van der Waals surface area contributed by atoms with Gasteiger partial charge in [-0.2, -0.15) is 0 Å². The Kier molecular flexibility index (Phi) is 9.54. The lowest BCUT2D eigenvalue weighted by molar-refractivity contribution is -0.391. The molecule has 3 aliphatic heterocycles. The van der Waals surface area contributed by atoms with Crippen LogP contribution >= 0.6 is 0 Å². The molecule has 0 aromatic heterocycles. The first-order chi connectivity index (χ1) is 16.0. The number of aliphatic hydroxyl groups excluding tert-OH is 11. The predicted octanol–water partition coefficient (Wildman–Crippen LogP) is -7.57. The Labute approximate surface area is 192 Å². The SMILES string of the molecule is OC[C@H]1O[C@@H](O[C@@H]2[C@H](O[C@H]3[C@@H](O)[C@H](O)[C@@H](CO)O[C@H]3O)O[C@H](CO)[C@@H](O)[C@@H]2O)[C@@H](O)[C@@H](O)[C@H]1O. The molecule has 0 amide bonds. The van der Waals surface area contributed by atoms with E-state index in [4.69, 9.17) is 23.7 Å². The molecule has 0 radical (unpaired) electrons. The fourth-order valence-corrected chi connectivity index (χ4v) is 4.02. The summed E-state index contributed by atoms with van der Waals surface area (Å²) in [5.74, 6) is 0. The Bertz CT molecular complexity index is 639. The quantitative estimate of drug-likeness (QED) is 0.154. The van der Waals surface area contributed by atoms with E-state index >= 15 is 0 Å². The summed E-state index contributed by atoms with van der Waals surface area (Å²) in [6, 6.07) is 0. The highest BCUT2D eigenvalue weighted by Gasteiger charge is 2.53. The maximum absolute atomic E-state index is 10.6. The Morgan fingerprint density at radius 3 is 1.38 bits per heavy atom. The van der Waals surface area contributed by atoms with Crippen LogP contribution in [0.5, 0.6) is 0 Å². The minimum Gasteiger partial charge on any atom is -0.394 e. The van der Waals surface area contributed by atoms with E-state index in [1.165, 1.54) is 0 Å². The molecule has 3 saturated heterocycles. The van der Waals surface area contributed by atoms with Crippen LogP contribution in [0.2, 0.25) is 0 Å². The topological polar surface area (TPSA) is 269 Å². The van der Waals surface area contributed by atoms with Crippen molar-refractivity contribution in [3.05, 3.63) is 0 Å². The van der Waals surface area contributed by atoms with Gasteiger partial charge in [-0.25, -0.2) is 0 Å². The zero-order chi connectivity index (χ0) is 25.3. The van der Waals surface area contributed by atoms with Crippen LogP contribution in [-0.4, -0.2) is 168 Å². The Hall–Kier alpha value is -0.640. The molecule has 3 fully saturated rings. The van der Waals surface area contributed by atoms with Crippen LogP contribution in [0, 0.1) is 0 Å². The zero-order valence-electron chi connectivity index (χ0n) is 17.7. The van der Waals surface area contributed by atoms with Crippen LogP contribution in [0.15, 0.2) is 0 Å². The lowest BCUT2D eigenvalue weighted by atomic mass is 9.96. The first kappa shape index (κ1) is 27.9. The first-order valence-electron chi connectivity index (χ1n) is 10.6. The number of hydrogen-bond donors (Lipinski definition) is 11. The molecule has 0 aromatic carbocycles. The zero-order valence-corrected chi connectivity index (χ0v) is 17.7. The van der Waals surface area contributed by atoms with Gasteiger partial charge in [0.1, 0.15) is 73.2 Å². The number of rotatable bonds is 7. The van der Waals surface area contributed by atoms with Crippen molar-refractivity contribution in [2.45, 2.75) is 92.1 Å². The van der Waals surface area contributed by atoms with E-state index in [9.17, 15) is 56.2 Å². The second kappa shape index (κ2) is 11.6. The van der Waals surface area contributed by atoms with Crippen molar-refractivity contribution in [3.8, 4) is 0 Å². The molecule has 15 atom stereocenters. The third-order valence-electron chi connectivity index (χ3n) is 6.10. The smallest absolute Gasteiger partial charge is 0.187 e. The average molecular weight is 504 g/mol. The fourth-order valence-electron chi connectivity index (χ4n) is 4.02. The first-order valence-corrected chi connectivity index (χ1v) is 10.6. The summed E-state index contributed by atoms with van der Waals surface area (Å²) in [4.78, 5) is 0. The summed E-state index contributed by atoms with van der Waals surface area (Å²) in [5.41, 5.74) is 0. The molecule has 0 saturated carbocycles. The second-order valence-corrected chi connectivity index (χ2v) is 8.33. The third-order valence-corrected chi connectivity index (χ3v) is 6.10. The molecule has 3 aliphatic rings. The molecule has 0 aromatic rings. The highest BCUT2D eigenvalue weighted by atomic mass is 16.8. The summed E-state index contributed by atoms with van der Waals surface area (Å²) >= 11 is 0. The van der Waals surface area contributed by atoms with Crippen LogP contribution in [0.3, 0.4) is 0 Å². The molecule has 11 N–H and O–H groups in total. The molecule has 0 unspecified atom stereocenters. The Morgan fingerprint density at radius 2 is 0.853 bits per heavy atom. The Balaban J connectivity index is 1.82. The molecule has 3 rings (SSSR count). The number of aliphatic hydroxyl groups is 11. The van der Waals surface area contributed by atoms with Crippen molar-refractivity contribution in [1.82, 2.24) is 0 Å². The third kappa shape index (κ3) is 5.37. The predicted molar refractivity (Wildman–Crippen MR) is 101 cm³/mol. The molecule has 3 heterocycles. The van der Waals surface area contributed by atoms with Crippen molar-refractivity contribution in [3.63, 3.8) is 0 Å². The molecule has 34 heavy (non-hydrogen) atoms. The monoisotopic (exact) mass is 504 g/mol. The van der Waals surface area contributed by atoms with E-state index in [0.717, 1.165) is 0 Å². The van der Waals surface area contributed by atoms with Gasteiger partial charge in [0.05, 0.1) is 19.8 Å². The summed E-state index contributed by atoms with van der Waals surface area (Å²) < 4.78 is 26.5. The van der Waals surface area contributed by atoms with Gasteiger partial charge in [-0.05, 0) is 0 Å². The minimum atomic E-state index is -1.90. The molecule has 16 heteroatoms. The van der Waals surface area contributed by atoms with Crippen LogP contribution in [0.25, 0.3) is 0 Å². The maximum Gasteiger partial charge on any atom is 0.187 e. The van der Waals surface area contributed by atoms with Crippen LogP contribution < -0.4 is 0 Å². The van der Waals surface area contributed by atoms with E-state index in [1.807, 2.05) is 0 Å². The number of hydrogen-bond acceptors (Lipinski definition) is 16. The molecule has 0 aliphatic carbocycles. The van der Waals surface area contributed by atoms with Gasteiger partial charge in [0.15, 0.2) is 18.9 Å². The van der Waals surface area contributed by atoms with Gasteiger partial charge < -0.3 is 79.9 Å². The van der Waals surface area contributed by atoms with E-state index in [2.05, 4.69) is 0 Å². The summed E-state index contributed by atoms with van der Waals surface area (Å²) in [6.45, 7) is -2.31. The van der Waals surface area contributed by atoms with Crippen molar-refractivity contribution in [2.24, 2.45) is 0 Å². The van der Waals surface area contributed by atoms with E-state index in [-0.39, 0.29) is 0 Å². The lowest BCUT2D eigenvalue weighted by Crippen LogP contribution is -2.66. The molecule has 200 valence electrons. The summed E-state index contributed by atoms with van der Waals surface area (Å²) in [7, 11) is 0. The molecule has 16 nitrogen and oxygen atoms in total. The van der Waals surface area contributed by atoms with Gasteiger partial charge in [0.2, 0.25) is 0 Å².